The van der Waals surface area contributed by atoms with Gasteiger partial charge in [0.2, 0.25) is 5.78 Å². The van der Waals surface area contributed by atoms with Crippen molar-refractivity contribution in [1.82, 2.24) is 0 Å². The highest BCUT2D eigenvalue weighted by atomic mass is 79.9. The van der Waals surface area contributed by atoms with Gasteiger partial charge in [0.25, 0.3) is 0 Å². The van der Waals surface area contributed by atoms with Gasteiger partial charge in [0, 0.05) is 39.2 Å². The summed E-state index contributed by atoms with van der Waals surface area (Å²) < 4.78 is 0.870. The molecule has 2 aromatic carbocycles. The topological polar surface area (TPSA) is 63.6 Å². The van der Waals surface area contributed by atoms with E-state index in [1.807, 2.05) is 24.3 Å². The number of ketones is 3. The number of halogens is 1. The number of carbonyl (C=O) groups is 3. The van der Waals surface area contributed by atoms with Crippen molar-refractivity contribution in [3.05, 3.63) is 81.0 Å². The Morgan fingerprint density at radius 2 is 1.61 bits per heavy atom. The van der Waals surface area contributed by atoms with E-state index in [1.54, 1.807) is 24.3 Å². The quantitative estimate of drug-likeness (QED) is 0.654. The molecule has 5 rings (SSSR count). The smallest absolute Gasteiger partial charge is 0.212 e. The van der Waals surface area contributed by atoms with Crippen molar-refractivity contribution < 1.29 is 14.4 Å². The zero-order chi connectivity index (χ0) is 19.4. The van der Waals surface area contributed by atoms with Gasteiger partial charge in [-0.15, -0.1) is 0 Å². The van der Waals surface area contributed by atoms with E-state index in [0.29, 0.717) is 29.5 Å². The van der Waals surface area contributed by atoms with E-state index < -0.39 is 11.8 Å². The number of carbonyl (C=O) groups excluding carboxylic acids is 3. The molecule has 0 spiro atoms. The molecule has 0 amide bonds. The van der Waals surface area contributed by atoms with Crippen LogP contribution in [0.2, 0.25) is 0 Å². The highest BCUT2D eigenvalue weighted by molar-refractivity contribution is 9.10. The van der Waals surface area contributed by atoms with Crippen LogP contribution in [0.3, 0.4) is 0 Å². The number of hydrogen-bond donors (Lipinski definition) is 0. The molecule has 0 aromatic heterocycles. The summed E-state index contributed by atoms with van der Waals surface area (Å²) >= 11 is 3.49. The molecule has 1 aliphatic heterocycles. The van der Waals surface area contributed by atoms with Gasteiger partial charge < -0.3 is 0 Å². The zero-order valence-corrected chi connectivity index (χ0v) is 16.5. The highest BCUT2D eigenvalue weighted by Gasteiger charge is 2.47. The van der Waals surface area contributed by atoms with Gasteiger partial charge in [0.05, 0.1) is 5.92 Å². The maximum atomic E-state index is 13.4. The van der Waals surface area contributed by atoms with Crippen LogP contribution in [-0.4, -0.2) is 23.1 Å². The Balaban J connectivity index is 1.78. The van der Waals surface area contributed by atoms with Gasteiger partial charge >= 0.3 is 0 Å². The van der Waals surface area contributed by atoms with Gasteiger partial charge in [-0.25, -0.2) is 0 Å². The third-order valence-electron chi connectivity index (χ3n) is 5.80. The van der Waals surface area contributed by atoms with Gasteiger partial charge in [0.15, 0.2) is 5.78 Å². The van der Waals surface area contributed by atoms with Gasteiger partial charge in [-0.2, -0.15) is 0 Å². The summed E-state index contributed by atoms with van der Waals surface area (Å²) in [6.45, 7) is 0. The average molecular weight is 434 g/mol. The number of Topliss-reactive ketones (excluding diaryl/α,β-unsaturated/α-hetero) is 3. The van der Waals surface area contributed by atoms with Crippen LogP contribution in [0.15, 0.2) is 69.3 Å². The second kappa shape index (κ2) is 6.45. The number of fused-ring (bicyclic) bond motifs is 2. The van der Waals surface area contributed by atoms with E-state index in [2.05, 4.69) is 20.9 Å². The molecule has 2 unspecified atom stereocenters. The first-order valence-electron chi connectivity index (χ1n) is 9.34. The van der Waals surface area contributed by atoms with Crippen LogP contribution in [-0.2, 0) is 4.79 Å². The predicted molar refractivity (Wildman–Crippen MR) is 109 cm³/mol. The number of hydrogen-bond acceptors (Lipinski definition) is 4. The van der Waals surface area contributed by atoms with E-state index in [0.717, 1.165) is 22.2 Å². The van der Waals surface area contributed by atoms with Gasteiger partial charge in [-0.3, -0.25) is 19.4 Å². The maximum Gasteiger partial charge on any atom is 0.212 e. The minimum Gasteiger partial charge on any atom is -0.299 e. The van der Waals surface area contributed by atoms with Gasteiger partial charge in [-0.1, -0.05) is 52.3 Å². The summed E-state index contributed by atoms with van der Waals surface area (Å²) in [6, 6.07) is 14.5. The Labute approximate surface area is 170 Å². The van der Waals surface area contributed by atoms with Crippen molar-refractivity contribution in [1.29, 1.82) is 0 Å². The first-order chi connectivity index (χ1) is 13.6. The van der Waals surface area contributed by atoms with Crippen molar-refractivity contribution in [3.63, 3.8) is 0 Å². The van der Waals surface area contributed by atoms with Crippen LogP contribution in [0, 0.1) is 5.92 Å². The minimum atomic E-state index is -0.474. The second-order valence-corrected chi connectivity index (χ2v) is 8.32. The number of allylic oxidation sites excluding steroid dienone is 2. The first-order valence-corrected chi connectivity index (χ1v) is 10.1. The molecule has 28 heavy (non-hydrogen) atoms. The van der Waals surface area contributed by atoms with Gasteiger partial charge in [0.1, 0.15) is 11.5 Å². The molecule has 2 aromatic rings. The van der Waals surface area contributed by atoms with Gasteiger partial charge in [-0.05, 0) is 30.5 Å². The second-order valence-electron chi connectivity index (χ2n) is 7.40. The van der Waals surface area contributed by atoms with E-state index in [9.17, 15) is 14.4 Å². The monoisotopic (exact) mass is 433 g/mol. The summed E-state index contributed by atoms with van der Waals surface area (Å²) in [5.41, 5.74) is 2.97. The van der Waals surface area contributed by atoms with Crippen molar-refractivity contribution in [2.45, 2.75) is 25.2 Å². The summed E-state index contributed by atoms with van der Waals surface area (Å²) in [6.07, 6.45) is 1.90. The molecule has 0 saturated heterocycles. The molecule has 1 heterocycles. The lowest BCUT2D eigenvalue weighted by Crippen LogP contribution is -2.41. The average Bonchev–Trinajstić information content (AvgIpc) is 2.71. The standard InChI is InChI=1S/C23H16BrNO3/c24-13-6-3-5-12(11-13)18-19-16(9-4-10-17(19)26)25-21-20(18)22(27)14-7-1-2-8-15(14)23(21)28/h1-3,5-8,11,18-19H,4,9-10H2. The van der Waals surface area contributed by atoms with E-state index in [4.69, 9.17) is 0 Å². The van der Waals surface area contributed by atoms with E-state index in [1.165, 1.54) is 0 Å². The number of nitrogens with zero attached hydrogens (tertiary/aromatic N) is 1. The van der Waals surface area contributed by atoms with Crippen LogP contribution in [0.25, 0.3) is 0 Å². The molecule has 5 heteroatoms. The molecule has 1 fully saturated rings. The van der Waals surface area contributed by atoms with E-state index in [-0.39, 0.29) is 23.0 Å². The molecule has 0 radical (unpaired) electrons. The SMILES string of the molecule is O=C1C2=C(C(=O)c3ccccc31)C(c1cccc(Br)c1)C1C(=O)CCCC1=N2. The normalized spacial score (nSPS) is 23.8. The lowest BCUT2D eigenvalue weighted by molar-refractivity contribution is -0.121. The fourth-order valence-corrected chi connectivity index (χ4v) is 5.01. The molecular formula is C23H16BrNO3. The molecule has 4 nitrogen and oxygen atoms in total. The van der Waals surface area contributed by atoms with E-state index >= 15 is 0 Å². The summed E-state index contributed by atoms with van der Waals surface area (Å²) in [5.74, 6) is -1.27. The summed E-state index contributed by atoms with van der Waals surface area (Å²) in [5, 5.41) is 0. The molecular weight excluding hydrogens is 418 g/mol. The summed E-state index contributed by atoms with van der Waals surface area (Å²) in [7, 11) is 0. The van der Waals surface area contributed by atoms with Crippen LogP contribution < -0.4 is 0 Å². The van der Waals surface area contributed by atoms with Crippen LogP contribution >= 0.6 is 15.9 Å². The van der Waals surface area contributed by atoms with Crippen LogP contribution in [0.5, 0.6) is 0 Å². The Kier molecular flexibility index (Phi) is 4.02. The van der Waals surface area contributed by atoms with Crippen molar-refractivity contribution >= 4 is 39.0 Å². The third-order valence-corrected chi connectivity index (χ3v) is 6.29. The lowest BCUT2D eigenvalue weighted by atomic mass is 9.66. The van der Waals surface area contributed by atoms with Crippen molar-refractivity contribution in [2.24, 2.45) is 10.9 Å². The third kappa shape index (κ3) is 2.49. The maximum absolute atomic E-state index is 13.4. The van der Waals surface area contributed by atoms with Crippen LogP contribution in [0.1, 0.15) is 51.5 Å². The Morgan fingerprint density at radius 1 is 0.857 bits per heavy atom. The Morgan fingerprint density at radius 3 is 2.36 bits per heavy atom. The lowest BCUT2D eigenvalue weighted by Gasteiger charge is -2.37. The molecule has 0 N–H and O–H groups in total. The van der Waals surface area contributed by atoms with Crippen molar-refractivity contribution in [2.75, 3.05) is 0 Å². The minimum absolute atomic E-state index is 0.0978. The highest BCUT2D eigenvalue weighted by Crippen LogP contribution is 2.46. The number of rotatable bonds is 1. The Hall–Kier alpha value is -2.66. The molecule has 2 aliphatic carbocycles. The number of aliphatic imine (C=N–C) groups is 1. The predicted octanol–water partition coefficient (Wildman–Crippen LogP) is 4.69. The van der Waals surface area contributed by atoms with Crippen LogP contribution in [0.4, 0.5) is 0 Å². The molecule has 1 saturated carbocycles. The fourth-order valence-electron chi connectivity index (χ4n) is 4.59. The first kappa shape index (κ1) is 17.4. The Bertz CT molecular complexity index is 1130. The zero-order valence-electron chi connectivity index (χ0n) is 14.9. The molecule has 3 aliphatic rings. The molecule has 0 bridgehead atoms. The summed E-state index contributed by atoms with van der Waals surface area (Å²) in [4.78, 5) is 44.1. The number of benzene rings is 2. The largest absolute Gasteiger partial charge is 0.299 e. The molecule has 138 valence electrons. The van der Waals surface area contributed by atoms with Crippen molar-refractivity contribution in [3.8, 4) is 0 Å². The molecule has 2 atom stereocenters. The fraction of sp³-hybridized carbons (Fsp3) is 0.217.